The Hall–Kier alpha value is -1.84. The molecular formula is C17H20O3. The zero-order valence-corrected chi connectivity index (χ0v) is 11.9. The average molecular weight is 272 g/mol. The lowest BCUT2D eigenvalue weighted by molar-refractivity contribution is -0.0435. The molecule has 1 atom stereocenters. The van der Waals surface area contributed by atoms with E-state index in [1.165, 1.54) is 0 Å². The summed E-state index contributed by atoms with van der Waals surface area (Å²) in [4.78, 5) is 0. The van der Waals surface area contributed by atoms with Gasteiger partial charge in [0.1, 0.15) is 11.4 Å². The van der Waals surface area contributed by atoms with Crippen LogP contribution >= 0.6 is 0 Å². The molecule has 106 valence electrons. The molecule has 0 radical (unpaired) electrons. The second kappa shape index (κ2) is 6.55. The minimum atomic E-state index is -0.986. The molecule has 2 rings (SSSR count). The Morgan fingerprint density at radius 1 is 1.05 bits per heavy atom. The van der Waals surface area contributed by atoms with Gasteiger partial charge in [0.2, 0.25) is 0 Å². The first kappa shape index (κ1) is 14.6. The molecule has 20 heavy (non-hydrogen) atoms. The van der Waals surface area contributed by atoms with Gasteiger partial charge in [-0.25, -0.2) is 0 Å². The molecule has 0 aliphatic carbocycles. The monoisotopic (exact) mass is 272 g/mol. The van der Waals surface area contributed by atoms with Crippen LogP contribution in [0.2, 0.25) is 0 Å². The Balaban J connectivity index is 1.92. The van der Waals surface area contributed by atoms with Crippen molar-refractivity contribution in [2.75, 3.05) is 13.7 Å². The highest BCUT2D eigenvalue weighted by atomic mass is 16.5. The van der Waals surface area contributed by atoms with Crippen LogP contribution in [0.5, 0.6) is 5.75 Å². The third-order valence-corrected chi connectivity index (χ3v) is 3.18. The number of hydrogen-bond donors (Lipinski definition) is 1. The van der Waals surface area contributed by atoms with Gasteiger partial charge >= 0.3 is 0 Å². The molecule has 0 amide bonds. The molecule has 2 aromatic rings. The lowest BCUT2D eigenvalue weighted by atomic mass is 9.97. The number of rotatable bonds is 6. The van der Waals surface area contributed by atoms with E-state index in [1.807, 2.05) is 54.6 Å². The van der Waals surface area contributed by atoms with Crippen molar-refractivity contribution in [3.05, 3.63) is 65.7 Å². The highest BCUT2D eigenvalue weighted by Gasteiger charge is 2.22. The van der Waals surface area contributed by atoms with Crippen LogP contribution in [-0.4, -0.2) is 18.8 Å². The molecular weight excluding hydrogens is 252 g/mol. The van der Waals surface area contributed by atoms with Crippen molar-refractivity contribution in [3.63, 3.8) is 0 Å². The van der Waals surface area contributed by atoms with E-state index in [0.29, 0.717) is 6.61 Å². The molecule has 0 fully saturated rings. The van der Waals surface area contributed by atoms with Gasteiger partial charge in [-0.05, 0) is 30.2 Å². The van der Waals surface area contributed by atoms with Gasteiger partial charge in [-0.1, -0.05) is 42.5 Å². The normalized spacial score (nSPS) is 13.8. The molecule has 0 aliphatic rings. The maximum atomic E-state index is 10.4. The van der Waals surface area contributed by atoms with Gasteiger partial charge in [0.05, 0.1) is 20.3 Å². The van der Waals surface area contributed by atoms with E-state index in [1.54, 1.807) is 14.0 Å². The van der Waals surface area contributed by atoms with E-state index in [2.05, 4.69) is 0 Å². The Morgan fingerprint density at radius 2 is 1.80 bits per heavy atom. The summed E-state index contributed by atoms with van der Waals surface area (Å²) in [6.45, 7) is 2.45. The Morgan fingerprint density at radius 3 is 2.50 bits per heavy atom. The molecule has 0 spiro atoms. The van der Waals surface area contributed by atoms with E-state index in [9.17, 15) is 5.11 Å². The second-order valence-electron chi connectivity index (χ2n) is 4.98. The van der Waals surface area contributed by atoms with Gasteiger partial charge in [0.25, 0.3) is 0 Å². The Labute approximate surface area is 119 Å². The summed E-state index contributed by atoms with van der Waals surface area (Å²) in [5, 5.41) is 10.4. The van der Waals surface area contributed by atoms with Crippen LogP contribution in [-0.2, 0) is 16.9 Å². The zero-order valence-electron chi connectivity index (χ0n) is 11.9. The molecule has 0 heterocycles. The predicted molar refractivity (Wildman–Crippen MR) is 78.7 cm³/mol. The molecule has 2 aromatic carbocycles. The van der Waals surface area contributed by atoms with Gasteiger partial charge in [-0.3, -0.25) is 0 Å². The van der Waals surface area contributed by atoms with Crippen molar-refractivity contribution in [1.82, 2.24) is 0 Å². The van der Waals surface area contributed by atoms with E-state index < -0.39 is 5.60 Å². The Bertz CT molecular complexity index is 535. The molecule has 3 heteroatoms. The van der Waals surface area contributed by atoms with E-state index >= 15 is 0 Å². The second-order valence-corrected chi connectivity index (χ2v) is 4.98. The largest absolute Gasteiger partial charge is 0.497 e. The fourth-order valence-electron chi connectivity index (χ4n) is 2.01. The van der Waals surface area contributed by atoms with E-state index in [4.69, 9.17) is 9.47 Å². The summed E-state index contributed by atoms with van der Waals surface area (Å²) in [5.41, 5.74) is 0.888. The van der Waals surface area contributed by atoms with Crippen molar-refractivity contribution in [2.24, 2.45) is 0 Å². The third kappa shape index (κ3) is 3.83. The summed E-state index contributed by atoms with van der Waals surface area (Å²) < 4.78 is 10.8. The maximum Gasteiger partial charge on any atom is 0.119 e. The summed E-state index contributed by atoms with van der Waals surface area (Å²) >= 11 is 0. The predicted octanol–water partition coefficient (Wildman–Crippen LogP) is 3.12. The van der Waals surface area contributed by atoms with Crippen LogP contribution in [0.15, 0.2) is 54.6 Å². The standard InChI is InChI=1S/C17H20O3/c1-17(18,15-8-4-3-5-9-15)13-20-12-14-7-6-10-16(11-14)19-2/h3-11,18H,12-13H2,1-2H3. The first-order chi connectivity index (χ1) is 9.62. The first-order valence-electron chi connectivity index (χ1n) is 6.60. The zero-order chi connectivity index (χ0) is 14.4. The highest BCUT2D eigenvalue weighted by Crippen LogP contribution is 2.21. The van der Waals surface area contributed by atoms with Crippen LogP contribution < -0.4 is 4.74 Å². The molecule has 3 nitrogen and oxygen atoms in total. The number of hydrogen-bond acceptors (Lipinski definition) is 3. The number of methoxy groups -OCH3 is 1. The highest BCUT2D eigenvalue weighted by molar-refractivity contribution is 5.28. The topological polar surface area (TPSA) is 38.7 Å². The molecule has 0 aliphatic heterocycles. The average Bonchev–Trinajstić information content (AvgIpc) is 2.48. The quantitative estimate of drug-likeness (QED) is 0.878. The summed E-state index contributed by atoms with van der Waals surface area (Å²) in [6, 6.07) is 17.3. The third-order valence-electron chi connectivity index (χ3n) is 3.18. The van der Waals surface area contributed by atoms with Crippen molar-refractivity contribution in [2.45, 2.75) is 19.1 Å². The van der Waals surface area contributed by atoms with E-state index in [-0.39, 0.29) is 6.61 Å². The van der Waals surface area contributed by atoms with Crippen molar-refractivity contribution < 1.29 is 14.6 Å². The van der Waals surface area contributed by atoms with Gasteiger partial charge in [-0.15, -0.1) is 0 Å². The smallest absolute Gasteiger partial charge is 0.119 e. The fraction of sp³-hybridized carbons (Fsp3) is 0.294. The minimum Gasteiger partial charge on any atom is -0.497 e. The molecule has 0 aromatic heterocycles. The van der Waals surface area contributed by atoms with Crippen LogP contribution in [0, 0.1) is 0 Å². The minimum absolute atomic E-state index is 0.244. The van der Waals surface area contributed by atoms with Crippen LogP contribution in [0.25, 0.3) is 0 Å². The number of aliphatic hydroxyl groups is 1. The number of ether oxygens (including phenoxy) is 2. The fourth-order valence-corrected chi connectivity index (χ4v) is 2.01. The van der Waals surface area contributed by atoms with Crippen molar-refractivity contribution in [1.29, 1.82) is 0 Å². The molecule has 1 unspecified atom stereocenters. The van der Waals surface area contributed by atoms with Gasteiger partial charge < -0.3 is 14.6 Å². The molecule has 0 bridgehead atoms. The van der Waals surface area contributed by atoms with Crippen molar-refractivity contribution in [3.8, 4) is 5.75 Å². The lowest BCUT2D eigenvalue weighted by Crippen LogP contribution is -2.27. The van der Waals surface area contributed by atoms with Gasteiger partial charge in [0.15, 0.2) is 0 Å². The Kier molecular flexibility index (Phi) is 4.77. The summed E-state index contributed by atoms with van der Waals surface area (Å²) in [6.07, 6.45) is 0. The first-order valence-corrected chi connectivity index (χ1v) is 6.60. The molecule has 0 saturated heterocycles. The lowest BCUT2D eigenvalue weighted by Gasteiger charge is -2.23. The molecule has 1 N–H and O–H groups in total. The van der Waals surface area contributed by atoms with Crippen LogP contribution in [0.4, 0.5) is 0 Å². The van der Waals surface area contributed by atoms with Crippen LogP contribution in [0.1, 0.15) is 18.1 Å². The summed E-state index contributed by atoms with van der Waals surface area (Å²) in [5.74, 6) is 0.806. The molecule has 0 saturated carbocycles. The number of benzene rings is 2. The van der Waals surface area contributed by atoms with E-state index in [0.717, 1.165) is 16.9 Å². The SMILES string of the molecule is COc1cccc(COCC(C)(O)c2ccccc2)c1. The summed E-state index contributed by atoms with van der Waals surface area (Å²) in [7, 11) is 1.64. The van der Waals surface area contributed by atoms with Crippen molar-refractivity contribution >= 4 is 0 Å². The van der Waals surface area contributed by atoms with Crippen LogP contribution in [0.3, 0.4) is 0 Å². The van der Waals surface area contributed by atoms with Gasteiger partial charge in [0, 0.05) is 0 Å². The van der Waals surface area contributed by atoms with Gasteiger partial charge in [-0.2, -0.15) is 0 Å². The maximum absolute atomic E-state index is 10.4.